The molecule has 0 radical (unpaired) electrons. The van der Waals surface area contributed by atoms with Crippen molar-refractivity contribution in [3.8, 4) is 28.8 Å². The quantitative estimate of drug-likeness (QED) is 0.631. The van der Waals surface area contributed by atoms with Crippen LogP contribution in [0, 0.1) is 17.2 Å². The maximum atomic E-state index is 12.9. The molecule has 1 N–H and O–H groups in total. The number of ether oxygens (including phenoxy) is 2. The molecule has 0 aliphatic heterocycles. The van der Waals surface area contributed by atoms with Crippen LogP contribution in [0.25, 0.3) is 16.8 Å². The van der Waals surface area contributed by atoms with E-state index in [0.717, 1.165) is 24.0 Å². The number of fused-ring (bicyclic) bond motifs is 1. The van der Waals surface area contributed by atoms with Crippen molar-refractivity contribution >= 4 is 11.6 Å². The molecular weight excluding hydrogens is 394 g/mol. The molecule has 1 amide bonds. The number of pyridine rings is 1. The van der Waals surface area contributed by atoms with Gasteiger partial charge in [-0.3, -0.25) is 4.79 Å². The number of hydrogen-bond acceptors (Lipinski definition) is 6. The van der Waals surface area contributed by atoms with Gasteiger partial charge in [0, 0.05) is 18.2 Å². The lowest BCUT2D eigenvalue weighted by Gasteiger charge is -2.13. The first-order valence-electron chi connectivity index (χ1n) is 10.2. The molecule has 0 spiro atoms. The van der Waals surface area contributed by atoms with Crippen LogP contribution in [-0.2, 0) is 10.2 Å². The van der Waals surface area contributed by atoms with Gasteiger partial charge in [0.25, 0.3) is 0 Å². The van der Waals surface area contributed by atoms with Crippen LogP contribution in [0.1, 0.15) is 38.1 Å². The summed E-state index contributed by atoms with van der Waals surface area (Å²) in [7, 11) is 3.11. The number of carbonyl (C=O) groups is 1. The van der Waals surface area contributed by atoms with Crippen LogP contribution in [0.3, 0.4) is 0 Å². The van der Waals surface area contributed by atoms with Gasteiger partial charge in [0.05, 0.1) is 19.8 Å². The lowest BCUT2D eigenvalue weighted by molar-refractivity contribution is -0.123. The van der Waals surface area contributed by atoms with E-state index in [4.69, 9.17) is 14.5 Å². The number of aromatic nitrogens is 3. The first-order valence-corrected chi connectivity index (χ1v) is 10.2. The fraction of sp³-hybridized carbons (Fsp3) is 0.391. The number of nitrogens with one attached hydrogen (secondary N) is 1. The fourth-order valence-electron chi connectivity index (χ4n) is 3.62. The molecule has 0 bridgehead atoms. The zero-order valence-electron chi connectivity index (χ0n) is 18.1. The highest BCUT2D eigenvalue weighted by atomic mass is 16.5. The molecule has 31 heavy (non-hydrogen) atoms. The van der Waals surface area contributed by atoms with Crippen LogP contribution in [0.5, 0.6) is 11.6 Å². The molecule has 3 aromatic rings. The van der Waals surface area contributed by atoms with Crippen molar-refractivity contribution in [2.24, 2.45) is 5.92 Å². The van der Waals surface area contributed by atoms with Gasteiger partial charge >= 0.3 is 0 Å². The van der Waals surface area contributed by atoms with E-state index in [1.807, 2.05) is 18.2 Å². The van der Waals surface area contributed by atoms with Crippen molar-refractivity contribution < 1.29 is 14.3 Å². The molecular formula is C23H25N5O3. The minimum Gasteiger partial charge on any atom is -0.495 e. The second kappa shape index (κ2) is 7.91. The molecule has 1 aliphatic carbocycles. The Bertz CT molecular complexity index is 1190. The van der Waals surface area contributed by atoms with Crippen LogP contribution >= 0.6 is 0 Å². The minimum absolute atomic E-state index is 0.0299. The Labute approximate surface area is 180 Å². The molecule has 0 atom stereocenters. The number of methoxy groups -OCH3 is 2. The highest BCUT2D eigenvalue weighted by molar-refractivity contribution is 5.90. The number of amides is 1. The third-order valence-corrected chi connectivity index (χ3v) is 5.58. The third-order valence-electron chi connectivity index (χ3n) is 5.58. The van der Waals surface area contributed by atoms with Crippen molar-refractivity contribution in [3.63, 3.8) is 0 Å². The van der Waals surface area contributed by atoms with Crippen LogP contribution in [0.15, 0.2) is 30.3 Å². The molecule has 160 valence electrons. The predicted molar refractivity (Wildman–Crippen MR) is 115 cm³/mol. The van der Waals surface area contributed by atoms with Crippen molar-refractivity contribution in [2.75, 3.05) is 20.8 Å². The molecule has 2 heterocycles. The van der Waals surface area contributed by atoms with Gasteiger partial charge in [0.1, 0.15) is 17.2 Å². The molecule has 1 fully saturated rings. The number of carbonyl (C=O) groups excluding carboxylic acids is 1. The van der Waals surface area contributed by atoms with Gasteiger partial charge in [-0.25, -0.2) is 4.98 Å². The van der Waals surface area contributed by atoms with E-state index in [9.17, 15) is 10.1 Å². The smallest absolute Gasteiger partial charge is 0.234 e. The summed E-state index contributed by atoms with van der Waals surface area (Å²) < 4.78 is 12.5. The Morgan fingerprint density at radius 3 is 2.65 bits per heavy atom. The summed E-state index contributed by atoms with van der Waals surface area (Å²) in [5, 5.41) is 17.0. The fourth-order valence-corrected chi connectivity index (χ4v) is 3.62. The molecule has 8 heteroatoms. The van der Waals surface area contributed by atoms with Gasteiger partial charge < -0.3 is 14.8 Å². The Morgan fingerprint density at radius 2 is 2.03 bits per heavy atom. The maximum Gasteiger partial charge on any atom is 0.234 e. The van der Waals surface area contributed by atoms with Crippen LogP contribution in [-0.4, -0.2) is 41.3 Å². The van der Waals surface area contributed by atoms with Crippen molar-refractivity contribution in [1.82, 2.24) is 19.9 Å². The van der Waals surface area contributed by atoms with Crippen LogP contribution < -0.4 is 14.8 Å². The van der Waals surface area contributed by atoms with Gasteiger partial charge in [-0.15, -0.1) is 5.10 Å². The van der Waals surface area contributed by atoms with E-state index < -0.39 is 5.41 Å². The Kier molecular flexibility index (Phi) is 5.27. The highest BCUT2D eigenvalue weighted by Crippen LogP contribution is 2.47. The molecule has 2 aromatic heterocycles. The summed E-state index contributed by atoms with van der Waals surface area (Å²) in [6.45, 7) is 4.74. The monoisotopic (exact) mass is 419 g/mol. The van der Waals surface area contributed by atoms with Gasteiger partial charge in [-0.05, 0) is 42.5 Å². The summed E-state index contributed by atoms with van der Waals surface area (Å²) in [5.41, 5.74) is 1.99. The Balaban J connectivity index is 1.81. The van der Waals surface area contributed by atoms with Crippen molar-refractivity contribution in [2.45, 2.75) is 32.1 Å². The SMILES string of the molecule is COc1cc(-c2ccc(OC)n3nc(C4(C(=O)NCC(C)C)CC4)nc23)ccc1C#N. The zero-order chi connectivity index (χ0) is 22.2. The normalized spacial score (nSPS) is 14.3. The third kappa shape index (κ3) is 3.56. The zero-order valence-corrected chi connectivity index (χ0v) is 18.1. The largest absolute Gasteiger partial charge is 0.495 e. The summed E-state index contributed by atoms with van der Waals surface area (Å²) in [6, 6.07) is 11.2. The number of hydrogen-bond donors (Lipinski definition) is 1. The Hall–Kier alpha value is -3.60. The number of rotatable bonds is 7. The van der Waals surface area contributed by atoms with E-state index in [1.54, 1.807) is 23.8 Å². The topological polar surface area (TPSA) is 102 Å². The average Bonchev–Trinajstić information content (AvgIpc) is 3.47. The summed E-state index contributed by atoms with van der Waals surface area (Å²) in [6.07, 6.45) is 1.44. The van der Waals surface area contributed by atoms with Gasteiger partial charge in [0.2, 0.25) is 11.8 Å². The second-order valence-corrected chi connectivity index (χ2v) is 8.17. The number of nitriles is 1. The highest BCUT2D eigenvalue weighted by Gasteiger charge is 2.54. The van der Waals surface area contributed by atoms with Gasteiger partial charge in [-0.1, -0.05) is 19.9 Å². The standard InChI is InChI=1S/C23H25N5O3/c1-14(2)13-25-22(29)23(9-10-23)21-26-20-17(7-8-19(31-4)28(20)27-21)15-5-6-16(12-24)18(11-15)30-3/h5-8,11,14H,9-10,13H2,1-4H3,(H,25,29). The molecule has 8 nitrogen and oxygen atoms in total. The summed E-state index contributed by atoms with van der Waals surface area (Å²) in [5.74, 6) is 1.85. The van der Waals surface area contributed by atoms with Crippen LogP contribution in [0.4, 0.5) is 0 Å². The molecule has 1 saturated carbocycles. The number of nitrogens with zero attached hydrogens (tertiary/aromatic N) is 4. The first-order chi connectivity index (χ1) is 14.9. The van der Waals surface area contributed by atoms with E-state index in [1.165, 1.54) is 7.11 Å². The van der Waals surface area contributed by atoms with E-state index in [2.05, 4.69) is 30.3 Å². The van der Waals surface area contributed by atoms with E-state index in [-0.39, 0.29) is 5.91 Å². The molecule has 0 saturated heterocycles. The first kappa shape index (κ1) is 20.7. The summed E-state index contributed by atoms with van der Waals surface area (Å²) >= 11 is 0. The molecule has 0 unspecified atom stereocenters. The minimum atomic E-state index is -0.689. The molecule has 1 aromatic carbocycles. The lowest BCUT2D eigenvalue weighted by Crippen LogP contribution is -2.37. The Morgan fingerprint density at radius 1 is 1.26 bits per heavy atom. The van der Waals surface area contributed by atoms with Crippen molar-refractivity contribution in [3.05, 3.63) is 41.7 Å². The predicted octanol–water partition coefficient (Wildman–Crippen LogP) is 3.09. The number of benzene rings is 1. The van der Waals surface area contributed by atoms with Crippen molar-refractivity contribution in [1.29, 1.82) is 5.26 Å². The second-order valence-electron chi connectivity index (χ2n) is 8.17. The lowest BCUT2D eigenvalue weighted by atomic mass is 10.0. The molecule has 4 rings (SSSR count). The van der Waals surface area contributed by atoms with Gasteiger partial charge in [0.15, 0.2) is 11.5 Å². The molecule has 1 aliphatic rings. The maximum absolute atomic E-state index is 12.9. The van der Waals surface area contributed by atoms with Crippen LogP contribution in [0.2, 0.25) is 0 Å². The average molecular weight is 419 g/mol. The summed E-state index contributed by atoms with van der Waals surface area (Å²) in [4.78, 5) is 17.7. The van der Waals surface area contributed by atoms with Gasteiger partial charge in [-0.2, -0.15) is 9.78 Å². The van der Waals surface area contributed by atoms with E-state index >= 15 is 0 Å². The van der Waals surface area contributed by atoms with E-state index in [0.29, 0.717) is 41.1 Å².